The van der Waals surface area contributed by atoms with Crippen molar-refractivity contribution in [3.63, 3.8) is 0 Å². The van der Waals surface area contributed by atoms with Crippen LogP contribution in [0, 0.1) is 0 Å². The Morgan fingerprint density at radius 2 is 1.00 bits per heavy atom. The van der Waals surface area contributed by atoms with Gasteiger partial charge in [0.25, 0.3) is 0 Å². The van der Waals surface area contributed by atoms with Crippen LogP contribution in [0.1, 0.15) is 12.5 Å². The monoisotopic (exact) mass is 285 g/mol. The van der Waals surface area contributed by atoms with Gasteiger partial charge in [0.2, 0.25) is 17.2 Å². The van der Waals surface area contributed by atoms with Gasteiger partial charge in [-0.25, -0.2) is 0 Å². The summed E-state index contributed by atoms with van der Waals surface area (Å²) in [5.41, 5.74) is 6.69. The molecule has 20 heavy (non-hydrogen) atoms. The highest BCUT2D eigenvalue weighted by atomic mass is 16.6. The molecule has 2 N–H and O–H groups in total. The summed E-state index contributed by atoms with van der Waals surface area (Å²) in [4.78, 5) is 0. The summed E-state index contributed by atoms with van der Waals surface area (Å²) in [5.74, 6) is 2.43. The topological polar surface area (TPSA) is 72.2 Å². The fourth-order valence-corrected chi connectivity index (χ4v) is 2.18. The van der Waals surface area contributed by atoms with Gasteiger partial charge in [-0.05, 0) is 13.3 Å². The molecule has 0 aliphatic carbocycles. The molecule has 1 rings (SSSR count). The molecule has 1 atom stereocenters. The Hall–Kier alpha value is -1.82. The number of hydrogen-bond acceptors (Lipinski definition) is 6. The van der Waals surface area contributed by atoms with E-state index in [2.05, 4.69) is 0 Å². The lowest BCUT2D eigenvalue weighted by atomic mass is 10.0. The predicted molar refractivity (Wildman–Crippen MR) is 76.6 cm³/mol. The number of hydrogen-bond donors (Lipinski definition) is 1. The van der Waals surface area contributed by atoms with Gasteiger partial charge < -0.3 is 29.4 Å². The van der Waals surface area contributed by atoms with E-state index in [0.717, 1.165) is 5.56 Å². The van der Waals surface area contributed by atoms with Crippen LogP contribution in [0.2, 0.25) is 0 Å². The van der Waals surface area contributed by atoms with E-state index in [0.29, 0.717) is 35.2 Å². The second-order valence-corrected chi connectivity index (χ2v) is 4.33. The number of methoxy groups -OCH3 is 5. The summed E-state index contributed by atoms with van der Waals surface area (Å²) >= 11 is 0. The van der Waals surface area contributed by atoms with Gasteiger partial charge in [0, 0.05) is 11.6 Å². The highest BCUT2D eigenvalue weighted by Gasteiger charge is 2.28. The normalized spacial score (nSPS) is 11.8. The molecule has 0 aliphatic heterocycles. The molecule has 0 aliphatic rings. The van der Waals surface area contributed by atoms with E-state index in [1.54, 1.807) is 28.4 Å². The molecule has 1 aromatic rings. The zero-order chi connectivity index (χ0) is 15.3. The molecule has 0 aromatic heterocycles. The minimum absolute atomic E-state index is 0.0689. The molecule has 0 heterocycles. The van der Waals surface area contributed by atoms with Crippen molar-refractivity contribution in [3.8, 4) is 28.7 Å². The third-order valence-corrected chi connectivity index (χ3v) is 2.92. The van der Waals surface area contributed by atoms with Crippen LogP contribution in [0.4, 0.5) is 0 Å². The average molecular weight is 285 g/mol. The minimum Gasteiger partial charge on any atom is -0.492 e. The molecule has 0 radical (unpaired) electrons. The lowest BCUT2D eigenvalue weighted by Gasteiger charge is -2.22. The van der Waals surface area contributed by atoms with E-state index in [-0.39, 0.29) is 6.04 Å². The largest absolute Gasteiger partial charge is 0.492 e. The van der Waals surface area contributed by atoms with Gasteiger partial charge in [0.15, 0.2) is 11.5 Å². The maximum atomic E-state index is 5.90. The van der Waals surface area contributed by atoms with Crippen LogP contribution in [0.3, 0.4) is 0 Å². The zero-order valence-corrected chi connectivity index (χ0v) is 12.9. The number of nitrogens with two attached hydrogens (primary N) is 1. The molecular weight excluding hydrogens is 262 g/mol. The molecule has 6 nitrogen and oxygen atoms in total. The summed E-state index contributed by atoms with van der Waals surface area (Å²) in [6.45, 7) is 1.90. The van der Waals surface area contributed by atoms with Crippen LogP contribution in [0.5, 0.6) is 28.7 Å². The number of rotatable bonds is 7. The Labute approximate surface area is 119 Å². The Morgan fingerprint density at radius 1 is 0.700 bits per heavy atom. The van der Waals surface area contributed by atoms with Gasteiger partial charge in [0.05, 0.1) is 35.5 Å². The first kappa shape index (κ1) is 16.2. The maximum Gasteiger partial charge on any atom is 0.211 e. The van der Waals surface area contributed by atoms with E-state index < -0.39 is 0 Å². The molecule has 1 unspecified atom stereocenters. The number of ether oxygens (including phenoxy) is 5. The summed E-state index contributed by atoms with van der Waals surface area (Å²) in [5, 5.41) is 0. The standard InChI is InChI=1S/C14H23NO5/c1-8(15)7-9-10(16-2)12(18-4)14(20-6)13(19-5)11(9)17-3/h8H,7,15H2,1-6H3. The first-order chi connectivity index (χ1) is 9.55. The van der Waals surface area contributed by atoms with Crippen molar-refractivity contribution in [2.75, 3.05) is 35.5 Å². The second-order valence-electron chi connectivity index (χ2n) is 4.33. The number of benzene rings is 1. The van der Waals surface area contributed by atoms with E-state index in [1.807, 2.05) is 6.92 Å². The maximum absolute atomic E-state index is 5.90. The van der Waals surface area contributed by atoms with Crippen LogP contribution in [-0.2, 0) is 6.42 Å². The smallest absolute Gasteiger partial charge is 0.211 e. The van der Waals surface area contributed by atoms with Crippen molar-refractivity contribution in [1.82, 2.24) is 0 Å². The van der Waals surface area contributed by atoms with Crippen molar-refractivity contribution in [2.24, 2.45) is 5.73 Å². The van der Waals surface area contributed by atoms with E-state index in [1.165, 1.54) is 7.11 Å². The molecule has 0 bridgehead atoms. The second kappa shape index (κ2) is 7.09. The van der Waals surface area contributed by atoms with E-state index in [9.17, 15) is 0 Å². The van der Waals surface area contributed by atoms with Gasteiger partial charge in [-0.15, -0.1) is 0 Å². The Morgan fingerprint density at radius 3 is 1.25 bits per heavy atom. The minimum atomic E-state index is -0.0689. The lowest BCUT2D eigenvalue weighted by molar-refractivity contribution is 0.286. The van der Waals surface area contributed by atoms with Crippen molar-refractivity contribution < 1.29 is 23.7 Å². The lowest BCUT2D eigenvalue weighted by Crippen LogP contribution is -2.19. The van der Waals surface area contributed by atoms with Gasteiger partial charge >= 0.3 is 0 Å². The SMILES string of the molecule is COc1c(CC(C)N)c(OC)c(OC)c(OC)c1OC. The van der Waals surface area contributed by atoms with Crippen LogP contribution in [0.25, 0.3) is 0 Å². The van der Waals surface area contributed by atoms with Crippen LogP contribution >= 0.6 is 0 Å². The fraction of sp³-hybridized carbons (Fsp3) is 0.571. The van der Waals surface area contributed by atoms with Gasteiger partial charge in [-0.2, -0.15) is 0 Å². The summed E-state index contributed by atoms with van der Waals surface area (Å²) in [7, 11) is 7.75. The summed E-state index contributed by atoms with van der Waals surface area (Å²) in [6, 6.07) is -0.0689. The summed E-state index contributed by atoms with van der Waals surface area (Å²) < 4.78 is 27.1. The molecule has 0 fully saturated rings. The van der Waals surface area contributed by atoms with Gasteiger partial charge in [-0.3, -0.25) is 0 Å². The first-order valence-electron chi connectivity index (χ1n) is 6.23. The Bertz CT molecular complexity index is 426. The Balaban J connectivity index is 3.69. The predicted octanol–water partition coefficient (Wildman–Crippen LogP) is 1.62. The molecule has 0 saturated carbocycles. The van der Waals surface area contributed by atoms with Crippen molar-refractivity contribution in [1.29, 1.82) is 0 Å². The Kier molecular flexibility index (Phi) is 5.76. The van der Waals surface area contributed by atoms with Crippen molar-refractivity contribution in [2.45, 2.75) is 19.4 Å². The van der Waals surface area contributed by atoms with Gasteiger partial charge in [-0.1, -0.05) is 0 Å². The van der Waals surface area contributed by atoms with Crippen LogP contribution in [0.15, 0.2) is 0 Å². The third kappa shape index (κ3) is 2.85. The van der Waals surface area contributed by atoms with Crippen LogP contribution < -0.4 is 29.4 Å². The van der Waals surface area contributed by atoms with Crippen LogP contribution in [-0.4, -0.2) is 41.6 Å². The van der Waals surface area contributed by atoms with Gasteiger partial charge in [0.1, 0.15) is 0 Å². The highest BCUT2D eigenvalue weighted by molar-refractivity contribution is 5.70. The first-order valence-corrected chi connectivity index (χ1v) is 6.23. The molecule has 1 aromatic carbocycles. The summed E-state index contributed by atoms with van der Waals surface area (Å²) in [6.07, 6.45) is 0.559. The molecule has 6 heteroatoms. The van der Waals surface area contributed by atoms with E-state index in [4.69, 9.17) is 29.4 Å². The quantitative estimate of drug-likeness (QED) is 0.820. The van der Waals surface area contributed by atoms with Crippen molar-refractivity contribution >= 4 is 0 Å². The molecule has 114 valence electrons. The molecule has 0 amide bonds. The van der Waals surface area contributed by atoms with Crippen molar-refractivity contribution in [3.05, 3.63) is 5.56 Å². The van der Waals surface area contributed by atoms with E-state index >= 15 is 0 Å². The third-order valence-electron chi connectivity index (χ3n) is 2.92. The molecule has 0 spiro atoms. The highest BCUT2D eigenvalue weighted by Crippen LogP contribution is 2.53. The molecule has 0 saturated heterocycles. The average Bonchev–Trinajstić information content (AvgIpc) is 2.44. The fourth-order valence-electron chi connectivity index (χ4n) is 2.18. The zero-order valence-electron chi connectivity index (χ0n) is 12.9. The molecular formula is C14H23NO5.